The second-order valence-electron chi connectivity index (χ2n) is 4.17. The molecule has 0 bridgehead atoms. The van der Waals surface area contributed by atoms with Gasteiger partial charge in [-0.15, -0.1) is 0 Å². The first-order valence-electron chi connectivity index (χ1n) is 5.68. The summed E-state index contributed by atoms with van der Waals surface area (Å²) in [5.41, 5.74) is 0.210. The zero-order valence-corrected chi connectivity index (χ0v) is 10.1. The Labute approximate surface area is 108 Å². The van der Waals surface area contributed by atoms with Crippen LogP contribution in [0.3, 0.4) is 0 Å². The van der Waals surface area contributed by atoms with Gasteiger partial charge in [-0.3, -0.25) is 0 Å². The molecule has 2 nitrogen and oxygen atoms in total. The molecule has 2 N–H and O–H groups in total. The molecule has 0 amide bonds. The van der Waals surface area contributed by atoms with Gasteiger partial charge < -0.3 is 10.4 Å². The maximum absolute atomic E-state index is 13.6. The zero-order chi connectivity index (χ0) is 14.0. The van der Waals surface area contributed by atoms with Crippen LogP contribution in [0.2, 0.25) is 0 Å². The van der Waals surface area contributed by atoms with Gasteiger partial charge in [0.05, 0.1) is 11.7 Å². The number of phenols is 1. The molecule has 0 aromatic heterocycles. The summed E-state index contributed by atoms with van der Waals surface area (Å²) < 4.78 is 40.1. The van der Waals surface area contributed by atoms with Crippen molar-refractivity contribution in [2.24, 2.45) is 0 Å². The third-order valence-electron chi connectivity index (χ3n) is 2.77. The molecule has 5 heteroatoms. The van der Waals surface area contributed by atoms with Crippen molar-refractivity contribution >= 4 is 5.69 Å². The van der Waals surface area contributed by atoms with E-state index in [1.54, 1.807) is 6.92 Å². The van der Waals surface area contributed by atoms with E-state index < -0.39 is 23.5 Å². The molecule has 0 spiro atoms. The van der Waals surface area contributed by atoms with Crippen LogP contribution >= 0.6 is 0 Å². The van der Waals surface area contributed by atoms with E-state index in [2.05, 4.69) is 5.32 Å². The molecule has 1 atom stereocenters. The Morgan fingerprint density at radius 2 is 1.79 bits per heavy atom. The molecule has 2 aromatic rings. The maximum Gasteiger partial charge on any atom is 0.181 e. The number of anilines is 1. The second kappa shape index (κ2) is 5.22. The average molecular weight is 267 g/mol. The SMILES string of the molecule is CC(Nc1cccc(F)c1F)c1ccc(O)cc1F. The minimum absolute atomic E-state index is 0.0417. The lowest BCUT2D eigenvalue weighted by Gasteiger charge is -2.17. The highest BCUT2D eigenvalue weighted by atomic mass is 19.2. The number of rotatable bonds is 3. The Balaban J connectivity index is 2.25. The van der Waals surface area contributed by atoms with Gasteiger partial charge in [0, 0.05) is 11.6 Å². The van der Waals surface area contributed by atoms with Crippen LogP contribution in [0.4, 0.5) is 18.9 Å². The Kier molecular flexibility index (Phi) is 3.64. The summed E-state index contributed by atoms with van der Waals surface area (Å²) in [5, 5.41) is 11.8. The van der Waals surface area contributed by atoms with Crippen LogP contribution in [0.5, 0.6) is 5.75 Å². The molecular weight excluding hydrogens is 255 g/mol. The Hall–Kier alpha value is -2.17. The molecule has 2 aromatic carbocycles. The van der Waals surface area contributed by atoms with Crippen molar-refractivity contribution in [3.8, 4) is 5.75 Å². The monoisotopic (exact) mass is 267 g/mol. The van der Waals surface area contributed by atoms with Crippen molar-refractivity contribution in [1.29, 1.82) is 0 Å². The number of halogens is 3. The number of hydrogen-bond donors (Lipinski definition) is 2. The van der Waals surface area contributed by atoms with E-state index in [1.807, 2.05) is 0 Å². The van der Waals surface area contributed by atoms with Crippen molar-refractivity contribution in [3.05, 3.63) is 59.4 Å². The third kappa shape index (κ3) is 2.81. The van der Waals surface area contributed by atoms with Crippen molar-refractivity contribution < 1.29 is 18.3 Å². The first-order chi connectivity index (χ1) is 8.99. The molecule has 0 saturated carbocycles. The quantitative estimate of drug-likeness (QED) is 0.881. The van der Waals surface area contributed by atoms with Crippen LogP contribution in [0.15, 0.2) is 36.4 Å². The van der Waals surface area contributed by atoms with Gasteiger partial charge in [0.1, 0.15) is 11.6 Å². The first-order valence-corrected chi connectivity index (χ1v) is 5.68. The fourth-order valence-corrected chi connectivity index (χ4v) is 1.79. The van der Waals surface area contributed by atoms with Gasteiger partial charge in [0.25, 0.3) is 0 Å². The Bertz CT molecular complexity index is 601. The third-order valence-corrected chi connectivity index (χ3v) is 2.77. The summed E-state index contributed by atoms with van der Waals surface area (Å²) in [6.45, 7) is 1.61. The molecule has 0 aliphatic rings. The molecule has 0 radical (unpaired) electrons. The van der Waals surface area contributed by atoms with Gasteiger partial charge in [-0.05, 0) is 25.1 Å². The van der Waals surface area contributed by atoms with E-state index in [9.17, 15) is 13.2 Å². The molecule has 0 aliphatic heterocycles. The zero-order valence-electron chi connectivity index (χ0n) is 10.1. The highest BCUT2D eigenvalue weighted by Crippen LogP contribution is 2.26. The van der Waals surface area contributed by atoms with Crippen molar-refractivity contribution in [1.82, 2.24) is 0 Å². The summed E-state index contributed by atoms with van der Waals surface area (Å²) >= 11 is 0. The van der Waals surface area contributed by atoms with Crippen LogP contribution < -0.4 is 5.32 Å². The summed E-state index contributed by atoms with van der Waals surface area (Å²) in [4.78, 5) is 0. The van der Waals surface area contributed by atoms with E-state index in [-0.39, 0.29) is 17.0 Å². The molecule has 19 heavy (non-hydrogen) atoms. The van der Waals surface area contributed by atoms with E-state index in [0.29, 0.717) is 0 Å². The molecule has 0 aliphatic carbocycles. The molecule has 0 saturated heterocycles. The van der Waals surface area contributed by atoms with Gasteiger partial charge >= 0.3 is 0 Å². The highest BCUT2D eigenvalue weighted by molar-refractivity contribution is 5.47. The lowest BCUT2D eigenvalue weighted by atomic mass is 10.1. The smallest absolute Gasteiger partial charge is 0.181 e. The normalized spacial score (nSPS) is 12.2. The van der Waals surface area contributed by atoms with E-state index in [1.165, 1.54) is 24.3 Å². The molecule has 0 fully saturated rings. The van der Waals surface area contributed by atoms with Crippen molar-refractivity contribution in [2.75, 3.05) is 5.32 Å². The average Bonchev–Trinajstić information content (AvgIpc) is 2.34. The number of nitrogens with one attached hydrogen (secondary N) is 1. The molecule has 2 rings (SSSR count). The fraction of sp³-hybridized carbons (Fsp3) is 0.143. The molecular formula is C14H12F3NO. The Morgan fingerprint density at radius 3 is 2.47 bits per heavy atom. The first kappa shape index (κ1) is 13.3. The summed E-state index contributed by atoms with van der Waals surface area (Å²) in [5.74, 6) is -2.78. The summed E-state index contributed by atoms with van der Waals surface area (Å²) in [7, 11) is 0. The Morgan fingerprint density at radius 1 is 1.05 bits per heavy atom. The lowest BCUT2D eigenvalue weighted by Crippen LogP contribution is -2.10. The van der Waals surface area contributed by atoms with E-state index in [0.717, 1.165) is 12.1 Å². The van der Waals surface area contributed by atoms with E-state index >= 15 is 0 Å². The van der Waals surface area contributed by atoms with Crippen molar-refractivity contribution in [3.63, 3.8) is 0 Å². The van der Waals surface area contributed by atoms with Crippen LogP contribution in [-0.2, 0) is 0 Å². The van der Waals surface area contributed by atoms with E-state index in [4.69, 9.17) is 5.11 Å². The van der Waals surface area contributed by atoms with Crippen LogP contribution in [-0.4, -0.2) is 5.11 Å². The second-order valence-corrected chi connectivity index (χ2v) is 4.17. The van der Waals surface area contributed by atoms with Gasteiger partial charge in [-0.1, -0.05) is 12.1 Å². The van der Waals surface area contributed by atoms with Crippen LogP contribution in [0.25, 0.3) is 0 Å². The van der Waals surface area contributed by atoms with Gasteiger partial charge in [-0.2, -0.15) is 0 Å². The predicted molar refractivity (Wildman–Crippen MR) is 66.5 cm³/mol. The minimum Gasteiger partial charge on any atom is -0.508 e. The summed E-state index contributed by atoms with van der Waals surface area (Å²) in [6.07, 6.45) is 0. The maximum atomic E-state index is 13.6. The molecule has 1 unspecified atom stereocenters. The van der Waals surface area contributed by atoms with Gasteiger partial charge in [-0.25, -0.2) is 13.2 Å². The number of benzene rings is 2. The molecule has 100 valence electrons. The number of phenolic OH excluding ortho intramolecular Hbond substituents is 1. The van der Waals surface area contributed by atoms with Gasteiger partial charge in [0.2, 0.25) is 0 Å². The number of aromatic hydroxyl groups is 1. The minimum atomic E-state index is -1.01. The fourth-order valence-electron chi connectivity index (χ4n) is 1.79. The largest absolute Gasteiger partial charge is 0.508 e. The topological polar surface area (TPSA) is 32.3 Å². The van der Waals surface area contributed by atoms with Crippen LogP contribution in [0, 0.1) is 17.5 Å². The predicted octanol–water partition coefficient (Wildman–Crippen LogP) is 3.98. The van der Waals surface area contributed by atoms with Gasteiger partial charge in [0.15, 0.2) is 11.6 Å². The van der Waals surface area contributed by atoms with Crippen molar-refractivity contribution in [2.45, 2.75) is 13.0 Å². The summed E-state index contributed by atoms with van der Waals surface area (Å²) in [6, 6.07) is 6.85. The number of hydrogen-bond acceptors (Lipinski definition) is 2. The highest BCUT2D eigenvalue weighted by Gasteiger charge is 2.14. The lowest BCUT2D eigenvalue weighted by molar-refractivity contribution is 0.467. The van der Waals surface area contributed by atoms with Crippen LogP contribution in [0.1, 0.15) is 18.5 Å². The molecule has 0 heterocycles. The standard InChI is InChI=1S/C14H12F3NO/c1-8(10-6-5-9(19)7-12(10)16)18-13-4-2-3-11(15)14(13)17/h2-8,18-19H,1H3.